The minimum atomic E-state index is -0.900. The van der Waals surface area contributed by atoms with Gasteiger partial charge in [0.1, 0.15) is 17.3 Å². The molecule has 6 heteroatoms. The number of anilines is 1. The van der Waals surface area contributed by atoms with Crippen molar-refractivity contribution in [1.29, 1.82) is 0 Å². The monoisotopic (exact) mass is 471 g/mol. The smallest absolute Gasteiger partial charge is 0.300 e. The van der Waals surface area contributed by atoms with E-state index < -0.39 is 17.7 Å². The van der Waals surface area contributed by atoms with E-state index in [9.17, 15) is 19.8 Å². The molecule has 3 aromatic rings. The fourth-order valence-corrected chi connectivity index (χ4v) is 4.21. The van der Waals surface area contributed by atoms with Crippen LogP contribution in [-0.2, 0) is 9.59 Å². The number of ether oxygens (including phenoxy) is 1. The molecule has 0 aliphatic carbocycles. The molecule has 3 aromatic carbocycles. The van der Waals surface area contributed by atoms with Crippen LogP contribution < -0.4 is 9.64 Å². The topological polar surface area (TPSA) is 87.1 Å². The molecule has 1 fully saturated rings. The van der Waals surface area contributed by atoms with Crippen LogP contribution in [0.4, 0.5) is 5.69 Å². The van der Waals surface area contributed by atoms with Gasteiger partial charge in [0.05, 0.1) is 18.2 Å². The van der Waals surface area contributed by atoms with Gasteiger partial charge in [-0.25, -0.2) is 0 Å². The Morgan fingerprint density at radius 3 is 2.29 bits per heavy atom. The van der Waals surface area contributed by atoms with E-state index in [-0.39, 0.29) is 17.1 Å². The number of nitrogens with zero attached hydrogens (tertiary/aromatic N) is 1. The van der Waals surface area contributed by atoms with Gasteiger partial charge in [0, 0.05) is 11.3 Å². The molecule has 0 aromatic heterocycles. The summed E-state index contributed by atoms with van der Waals surface area (Å²) in [7, 11) is 0. The zero-order valence-electron chi connectivity index (χ0n) is 20.1. The van der Waals surface area contributed by atoms with Crippen molar-refractivity contribution >= 4 is 23.1 Å². The van der Waals surface area contributed by atoms with E-state index in [1.54, 1.807) is 48.5 Å². The van der Waals surface area contributed by atoms with Crippen molar-refractivity contribution in [3.63, 3.8) is 0 Å². The lowest BCUT2D eigenvalue weighted by Crippen LogP contribution is -2.29. The fraction of sp³-hybridized carbons (Fsp3) is 0.241. The number of aliphatic hydroxyl groups excluding tert-OH is 1. The first-order chi connectivity index (χ1) is 16.8. The number of hydrogen-bond donors (Lipinski definition) is 2. The van der Waals surface area contributed by atoms with Gasteiger partial charge in [0.2, 0.25) is 0 Å². The van der Waals surface area contributed by atoms with Gasteiger partial charge in [-0.05, 0) is 72.0 Å². The Labute approximate surface area is 205 Å². The Hall–Kier alpha value is -4.06. The highest BCUT2D eigenvalue weighted by atomic mass is 16.5. The molecule has 1 aliphatic rings. The Kier molecular flexibility index (Phi) is 6.92. The summed E-state index contributed by atoms with van der Waals surface area (Å²) in [5.41, 5.74) is 2.52. The van der Waals surface area contributed by atoms with Gasteiger partial charge >= 0.3 is 0 Å². The second kappa shape index (κ2) is 10.1. The van der Waals surface area contributed by atoms with Crippen LogP contribution in [-0.4, -0.2) is 28.5 Å². The molecule has 1 aliphatic heterocycles. The summed E-state index contributed by atoms with van der Waals surface area (Å²) < 4.78 is 5.60. The van der Waals surface area contributed by atoms with Crippen LogP contribution in [0.25, 0.3) is 5.76 Å². The van der Waals surface area contributed by atoms with Crippen molar-refractivity contribution in [1.82, 2.24) is 0 Å². The SMILES string of the molecule is CCCOc1ccc(/C(O)=C2/C(=O)C(=O)N(c3ccc(C(C)C)cc3)C2c2cccc(O)c2)cc1. The van der Waals surface area contributed by atoms with Crippen molar-refractivity contribution in [2.24, 2.45) is 0 Å². The Balaban J connectivity index is 1.83. The van der Waals surface area contributed by atoms with E-state index in [4.69, 9.17) is 4.74 Å². The molecular formula is C29H29NO5. The second-order valence-electron chi connectivity index (χ2n) is 8.88. The first kappa shape index (κ1) is 24.1. The molecule has 35 heavy (non-hydrogen) atoms. The maximum Gasteiger partial charge on any atom is 0.300 e. The average Bonchev–Trinajstić information content (AvgIpc) is 3.13. The van der Waals surface area contributed by atoms with Gasteiger partial charge in [-0.15, -0.1) is 0 Å². The number of aromatic hydroxyl groups is 1. The zero-order chi connectivity index (χ0) is 25.1. The van der Waals surface area contributed by atoms with Crippen LogP contribution in [0.5, 0.6) is 11.5 Å². The molecule has 4 rings (SSSR count). The van der Waals surface area contributed by atoms with Gasteiger partial charge in [-0.2, -0.15) is 0 Å². The predicted octanol–water partition coefficient (Wildman–Crippen LogP) is 5.93. The molecule has 2 N–H and O–H groups in total. The lowest BCUT2D eigenvalue weighted by atomic mass is 9.94. The molecule has 1 atom stereocenters. The summed E-state index contributed by atoms with van der Waals surface area (Å²) in [5, 5.41) is 21.4. The highest BCUT2D eigenvalue weighted by Gasteiger charge is 2.47. The Morgan fingerprint density at radius 2 is 1.69 bits per heavy atom. The standard InChI is InChI=1S/C29H29NO5/c1-4-16-35-24-14-10-20(11-15-24)27(32)25-26(21-6-5-7-23(31)17-21)30(29(34)28(25)33)22-12-8-19(9-13-22)18(2)3/h5-15,17-18,26,31-32H,4,16H2,1-3H3/b27-25-. The van der Waals surface area contributed by atoms with Gasteiger partial charge in [0.25, 0.3) is 11.7 Å². The number of phenols is 1. The van der Waals surface area contributed by atoms with Crippen molar-refractivity contribution < 1.29 is 24.5 Å². The highest BCUT2D eigenvalue weighted by molar-refractivity contribution is 6.51. The van der Waals surface area contributed by atoms with E-state index >= 15 is 0 Å². The van der Waals surface area contributed by atoms with Crippen LogP contribution in [0, 0.1) is 0 Å². The third kappa shape index (κ3) is 4.78. The molecule has 0 saturated carbocycles. The maximum atomic E-state index is 13.3. The lowest BCUT2D eigenvalue weighted by molar-refractivity contribution is -0.132. The van der Waals surface area contributed by atoms with E-state index in [0.717, 1.165) is 12.0 Å². The molecule has 1 unspecified atom stereocenters. The van der Waals surface area contributed by atoms with Gasteiger partial charge < -0.3 is 14.9 Å². The normalized spacial score (nSPS) is 17.3. The van der Waals surface area contributed by atoms with Gasteiger partial charge in [-0.1, -0.05) is 45.0 Å². The van der Waals surface area contributed by atoms with E-state index in [1.165, 1.54) is 17.0 Å². The number of ketones is 1. The highest BCUT2D eigenvalue weighted by Crippen LogP contribution is 2.43. The van der Waals surface area contributed by atoms with Crippen molar-refractivity contribution in [2.75, 3.05) is 11.5 Å². The van der Waals surface area contributed by atoms with Gasteiger partial charge in [-0.3, -0.25) is 14.5 Å². The molecule has 1 amide bonds. The van der Waals surface area contributed by atoms with Crippen LogP contribution >= 0.6 is 0 Å². The maximum absolute atomic E-state index is 13.3. The number of benzene rings is 3. The summed E-state index contributed by atoms with van der Waals surface area (Å²) >= 11 is 0. The van der Waals surface area contributed by atoms with Crippen LogP contribution in [0.1, 0.15) is 55.8 Å². The summed E-state index contributed by atoms with van der Waals surface area (Å²) in [6.45, 7) is 6.74. The number of rotatable bonds is 7. The zero-order valence-corrected chi connectivity index (χ0v) is 20.1. The number of hydrogen-bond acceptors (Lipinski definition) is 5. The molecule has 0 radical (unpaired) electrons. The van der Waals surface area contributed by atoms with Crippen molar-refractivity contribution in [3.8, 4) is 11.5 Å². The van der Waals surface area contributed by atoms with Crippen LogP contribution in [0.15, 0.2) is 78.4 Å². The first-order valence-corrected chi connectivity index (χ1v) is 11.7. The quantitative estimate of drug-likeness (QED) is 0.253. The molecule has 1 saturated heterocycles. The first-order valence-electron chi connectivity index (χ1n) is 11.7. The largest absolute Gasteiger partial charge is 0.508 e. The Bertz CT molecular complexity index is 1260. The average molecular weight is 472 g/mol. The van der Waals surface area contributed by atoms with Gasteiger partial charge in [0.15, 0.2) is 0 Å². The Morgan fingerprint density at radius 1 is 1.00 bits per heavy atom. The molecule has 6 nitrogen and oxygen atoms in total. The summed E-state index contributed by atoms with van der Waals surface area (Å²) in [6.07, 6.45) is 0.868. The summed E-state index contributed by atoms with van der Waals surface area (Å²) in [5.74, 6) is -0.833. The molecule has 180 valence electrons. The number of Topliss-reactive ketones (excluding diaryl/α,β-unsaturated/α-hetero) is 1. The van der Waals surface area contributed by atoms with E-state index in [0.29, 0.717) is 35.1 Å². The third-order valence-corrected chi connectivity index (χ3v) is 6.07. The number of phenolic OH excluding ortho intramolecular Hbond substituents is 1. The minimum Gasteiger partial charge on any atom is -0.508 e. The van der Waals surface area contributed by atoms with Crippen LogP contribution in [0.3, 0.4) is 0 Å². The van der Waals surface area contributed by atoms with Crippen molar-refractivity contribution in [3.05, 3.63) is 95.1 Å². The summed E-state index contributed by atoms with van der Waals surface area (Å²) in [6, 6.07) is 19.7. The predicted molar refractivity (Wildman–Crippen MR) is 136 cm³/mol. The molecular weight excluding hydrogens is 442 g/mol. The van der Waals surface area contributed by atoms with E-state index in [2.05, 4.69) is 13.8 Å². The molecule has 0 bridgehead atoms. The number of aliphatic hydroxyl groups is 1. The van der Waals surface area contributed by atoms with E-state index in [1.807, 2.05) is 19.1 Å². The molecule has 1 heterocycles. The lowest BCUT2D eigenvalue weighted by Gasteiger charge is -2.26. The van der Waals surface area contributed by atoms with Crippen LogP contribution in [0.2, 0.25) is 0 Å². The summed E-state index contributed by atoms with van der Waals surface area (Å²) in [4.78, 5) is 27.9. The fourth-order valence-electron chi connectivity index (χ4n) is 4.21. The van der Waals surface area contributed by atoms with Crippen molar-refractivity contribution in [2.45, 2.75) is 39.2 Å². The second-order valence-corrected chi connectivity index (χ2v) is 8.88. The molecule has 0 spiro atoms. The number of carbonyl (C=O) groups excluding carboxylic acids is 2. The minimum absolute atomic E-state index is 0.000620. The number of amides is 1. The number of carbonyl (C=O) groups is 2. The third-order valence-electron chi connectivity index (χ3n) is 6.07.